The van der Waals surface area contributed by atoms with E-state index in [0.717, 1.165) is 23.8 Å². The van der Waals surface area contributed by atoms with E-state index in [1.54, 1.807) is 0 Å². The summed E-state index contributed by atoms with van der Waals surface area (Å²) >= 11 is 4.86. The van der Waals surface area contributed by atoms with Gasteiger partial charge in [0.05, 0.1) is 0 Å². The van der Waals surface area contributed by atoms with Crippen LogP contribution in [0.15, 0.2) is 17.0 Å². The molecule has 0 aromatic heterocycles. The van der Waals surface area contributed by atoms with E-state index in [0.29, 0.717) is 4.90 Å². The highest BCUT2D eigenvalue weighted by molar-refractivity contribution is 9.09. The van der Waals surface area contributed by atoms with E-state index in [4.69, 9.17) is 0 Å². The Balaban J connectivity index is 2.56. The van der Waals surface area contributed by atoms with Crippen LogP contribution in [0.25, 0.3) is 0 Å². The second-order valence-electron chi connectivity index (χ2n) is 2.91. The molecule has 4 heteroatoms. The molecule has 0 amide bonds. The van der Waals surface area contributed by atoms with Crippen LogP contribution >= 0.6 is 27.7 Å². The quantitative estimate of drug-likeness (QED) is 0.641. The third kappa shape index (κ3) is 1.74. The van der Waals surface area contributed by atoms with Crippen LogP contribution in [0.1, 0.15) is 16.8 Å². The van der Waals surface area contributed by atoms with Crippen molar-refractivity contribution in [1.29, 1.82) is 0 Å². The molecule has 1 heterocycles. The lowest BCUT2D eigenvalue weighted by Crippen LogP contribution is -2.04. The summed E-state index contributed by atoms with van der Waals surface area (Å²) in [6.45, 7) is 0. The second-order valence-corrected chi connectivity index (χ2v) is 5.12. The summed E-state index contributed by atoms with van der Waals surface area (Å²) in [4.78, 5) is 0.684. The molecule has 0 radical (unpaired) electrons. The molecule has 0 aliphatic carbocycles. The van der Waals surface area contributed by atoms with Gasteiger partial charge in [0, 0.05) is 15.8 Å². The van der Waals surface area contributed by atoms with Crippen molar-refractivity contribution in [1.82, 2.24) is 0 Å². The molecule has 2 rings (SSSR count). The van der Waals surface area contributed by atoms with Crippen molar-refractivity contribution in [2.75, 3.05) is 5.75 Å². The molecule has 0 N–H and O–H groups in total. The van der Waals surface area contributed by atoms with Crippen LogP contribution in [0.4, 0.5) is 8.78 Å². The first-order valence-electron chi connectivity index (χ1n) is 3.94. The van der Waals surface area contributed by atoms with E-state index < -0.39 is 11.6 Å². The van der Waals surface area contributed by atoms with Gasteiger partial charge in [-0.1, -0.05) is 15.9 Å². The highest BCUT2D eigenvalue weighted by atomic mass is 79.9. The standard InChI is InChI=1S/C9H7BrF2S/c10-7-1-2-13-9-6(7)3-5(11)4-8(9)12/h3-4,7H,1-2H2. The average Bonchev–Trinajstić information content (AvgIpc) is 2.07. The monoisotopic (exact) mass is 264 g/mol. The van der Waals surface area contributed by atoms with Crippen molar-refractivity contribution >= 4 is 27.7 Å². The lowest BCUT2D eigenvalue weighted by Gasteiger charge is -2.20. The first kappa shape index (κ1) is 9.46. The summed E-state index contributed by atoms with van der Waals surface area (Å²) in [5, 5.41) is 0. The molecule has 0 nitrogen and oxygen atoms in total. The average molecular weight is 265 g/mol. The molecular weight excluding hydrogens is 258 g/mol. The zero-order chi connectivity index (χ0) is 9.42. The highest BCUT2D eigenvalue weighted by Gasteiger charge is 2.22. The summed E-state index contributed by atoms with van der Waals surface area (Å²) in [6, 6.07) is 2.35. The van der Waals surface area contributed by atoms with E-state index >= 15 is 0 Å². The maximum Gasteiger partial charge on any atom is 0.139 e. The van der Waals surface area contributed by atoms with Crippen molar-refractivity contribution in [3.8, 4) is 0 Å². The lowest BCUT2D eigenvalue weighted by molar-refractivity contribution is 0.557. The number of hydrogen-bond donors (Lipinski definition) is 0. The lowest BCUT2D eigenvalue weighted by atomic mass is 10.1. The predicted molar refractivity (Wildman–Crippen MR) is 53.4 cm³/mol. The zero-order valence-electron chi connectivity index (χ0n) is 6.69. The fraction of sp³-hybridized carbons (Fsp3) is 0.333. The van der Waals surface area contributed by atoms with Crippen LogP contribution in [0, 0.1) is 11.6 Å². The Labute approximate surface area is 87.8 Å². The maximum atomic E-state index is 13.2. The summed E-state index contributed by atoms with van der Waals surface area (Å²) in [5.41, 5.74) is 0.744. The minimum Gasteiger partial charge on any atom is -0.207 e. The third-order valence-electron chi connectivity index (χ3n) is 1.99. The van der Waals surface area contributed by atoms with Crippen molar-refractivity contribution in [3.05, 3.63) is 29.3 Å². The number of halogens is 3. The molecule has 1 aromatic rings. The first-order chi connectivity index (χ1) is 6.18. The number of fused-ring (bicyclic) bond motifs is 1. The number of benzene rings is 1. The van der Waals surface area contributed by atoms with E-state index in [-0.39, 0.29) is 4.83 Å². The van der Waals surface area contributed by atoms with Crippen molar-refractivity contribution in [2.45, 2.75) is 16.1 Å². The molecule has 70 valence electrons. The molecule has 1 aliphatic heterocycles. The molecule has 0 saturated carbocycles. The van der Waals surface area contributed by atoms with E-state index in [2.05, 4.69) is 15.9 Å². The Morgan fingerprint density at radius 2 is 2.15 bits per heavy atom. The van der Waals surface area contributed by atoms with Gasteiger partial charge in [-0.05, 0) is 23.8 Å². The second kappa shape index (κ2) is 3.58. The maximum absolute atomic E-state index is 13.2. The molecule has 1 unspecified atom stereocenters. The summed E-state index contributed by atoms with van der Waals surface area (Å²) in [5.74, 6) is -0.0572. The first-order valence-corrected chi connectivity index (χ1v) is 5.84. The largest absolute Gasteiger partial charge is 0.207 e. The molecule has 13 heavy (non-hydrogen) atoms. The van der Waals surface area contributed by atoms with Crippen molar-refractivity contribution < 1.29 is 8.78 Å². The van der Waals surface area contributed by atoms with Gasteiger partial charge < -0.3 is 0 Å². The number of thioether (sulfide) groups is 1. The van der Waals surface area contributed by atoms with Gasteiger partial charge in [-0.2, -0.15) is 0 Å². The van der Waals surface area contributed by atoms with E-state index in [1.807, 2.05) is 0 Å². The molecule has 0 bridgehead atoms. The van der Waals surface area contributed by atoms with Gasteiger partial charge in [0.15, 0.2) is 0 Å². The minimum atomic E-state index is -0.497. The zero-order valence-corrected chi connectivity index (χ0v) is 9.09. The minimum absolute atomic E-state index is 0.0916. The van der Waals surface area contributed by atoms with Crippen LogP contribution in [-0.2, 0) is 0 Å². The Bertz CT molecular complexity index is 341. The van der Waals surface area contributed by atoms with Crippen LogP contribution in [-0.4, -0.2) is 5.75 Å². The molecule has 1 aromatic carbocycles. The fourth-order valence-electron chi connectivity index (χ4n) is 1.39. The van der Waals surface area contributed by atoms with Gasteiger partial charge in [0.25, 0.3) is 0 Å². The Morgan fingerprint density at radius 1 is 1.38 bits per heavy atom. The molecule has 0 fully saturated rings. The Kier molecular flexibility index (Phi) is 2.60. The van der Waals surface area contributed by atoms with Crippen LogP contribution in [0.2, 0.25) is 0 Å². The van der Waals surface area contributed by atoms with Crippen LogP contribution in [0.3, 0.4) is 0 Å². The van der Waals surface area contributed by atoms with Gasteiger partial charge in [-0.3, -0.25) is 0 Å². The number of alkyl halides is 1. The highest BCUT2D eigenvalue weighted by Crippen LogP contribution is 2.42. The van der Waals surface area contributed by atoms with Gasteiger partial charge in [-0.15, -0.1) is 11.8 Å². The topological polar surface area (TPSA) is 0 Å². The summed E-state index contributed by atoms with van der Waals surface area (Å²) < 4.78 is 26.1. The predicted octanol–water partition coefficient (Wildman–Crippen LogP) is 3.90. The van der Waals surface area contributed by atoms with Gasteiger partial charge in [-0.25, -0.2) is 8.78 Å². The third-order valence-corrected chi connectivity index (χ3v) is 4.10. The summed E-state index contributed by atoms with van der Waals surface area (Å²) in [7, 11) is 0. The van der Waals surface area contributed by atoms with Crippen molar-refractivity contribution in [2.24, 2.45) is 0 Å². The number of hydrogen-bond acceptors (Lipinski definition) is 1. The molecule has 1 aliphatic rings. The van der Waals surface area contributed by atoms with Gasteiger partial charge >= 0.3 is 0 Å². The molecule has 0 saturated heterocycles. The Morgan fingerprint density at radius 3 is 2.92 bits per heavy atom. The summed E-state index contributed by atoms with van der Waals surface area (Å²) in [6.07, 6.45) is 0.917. The van der Waals surface area contributed by atoms with E-state index in [9.17, 15) is 8.78 Å². The van der Waals surface area contributed by atoms with Crippen LogP contribution < -0.4 is 0 Å². The van der Waals surface area contributed by atoms with Gasteiger partial charge in [0.2, 0.25) is 0 Å². The molecule has 0 spiro atoms. The fourth-order valence-corrected chi connectivity index (χ4v) is 3.55. The van der Waals surface area contributed by atoms with E-state index in [1.165, 1.54) is 17.8 Å². The number of rotatable bonds is 0. The SMILES string of the molecule is Fc1cc(F)c2c(c1)C(Br)CCS2. The Hall–Kier alpha value is -0.0900. The normalized spacial score (nSPS) is 21.3. The van der Waals surface area contributed by atoms with Crippen molar-refractivity contribution in [3.63, 3.8) is 0 Å². The van der Waals surface area contributed by atoms with Gasteiger partial charge in [0.1, 0.15) is 11.6 Å². The smallest absolute Gasteiger partial charge is 0.139 e. The van der Waals surface area contributed by atoms with Crippen LogP contribution in [0.5, 0.6) is 0 Å². The molecule has 1 atom stereocenters. The molecular formula is C9H7BrF2S.